The van der Waals surface area contributed by atoms with Crippen LogP contribution in [0.2, 0.25) is 0 Å². The maximum atomic E-state index is 12.5. The predicted octanol–water partition coefficient (Wildman–Crippen LogP) is 4.40. The van der Waals surface area contributed by atoms with Crippen molar-refractivity contribution in [2.75, 3.05) is 6.54 Å². The maximum Gasteiger partial charge on any atom is 0.408 e. The van der Waals surface area contributed by atoms with Gasteiger partial charge in [0.2, 0.25) is 17.7 Å². The van der Waals surface area contributed by atoms with Gasteiger partial charge in [0.05, 0.1) is 5.54 Å². The van der Waals surface area contributed by atoms with E-state index in [0.717, 1.165) is 44.1 Å². The van der Waals surface area contributed by atoms with E-state index in [1.807, 2.05) is 51.1 Å². The number of carbonyl (C=O) groups excluding carboxylic acids is 2. The summed E-state index contributed by atoms with van der Waals surface area (Å²) in [4.78, 5) is 25.0. The molecular weight excluding hydrogens is 408 g/mol. The van der Waals surface area contributed by atoms with E-state index in [1.165, 1.54) is 0 Å². The fourth-order valence-electron chi connectivity index (χ4n) is 3.90. The molecule has 32 heavy (non-hydrogen) atoms. The Morgan fingerprint density at radius 3 is 2.41 bits per heavy atom. The van der Waals surface area contributed by atoms with E-state index in [0.29, 0.717) is 24.7 Å². The molecule has 1 aromatic carbocycles. The number of amides is 2. The number of nitrogens with zero attached hydrogens (tertiary/aromatic N) is 2. The van der Waals surface area contributed by atoms with Crippen LogP contribution in [0.15, 0.2) is 34.7 Å². The SMILES string of the molecule is CC(C)(C)OC(=O)NC1(CNC(=O)CCc2nnc(-c3ccccc3)o2)CCCCCC1. The molecule has 1 heterocycles. The summed E-state index contributed by atoms with van der Waals surface area (Å²) < 4.78 is 11.1. The van der Waals surface area contributed by atoms with Crippen LogP contribution in [0.5, 0.6) is 0 Å². The first-order valence-corrected chi connectivity index (χ1v) is 11.4. The molecule has 1 saturated carbocycles. The van der Waals surface area contributed by atoms with Crippen molar-refractivity contribution in [3.8, 4) is 11.5 Å². The molecule has 2 aromatic rings. The van der Waals surface area contributed by atoms with E-state index in [2.05, 4.69) is 20.8 Å². The van der Waals surface area contributed by atoms with Crippen LogP contribution in [0.1, 0.15) is 71.6 Å². The lowest BCUT2D eigenvalue weighted by atomic mass is 9.90. The first-order valence-electron chi connectivity index (χ1n) is 11.4. The minimum Gasteiger partial charge on any atom is -0.444 e. The number of nitrogens with one attached hydrogen (secondary N) is 2. The van der Waals surface area contributed by atoms with Gasteiger partial charge in [-0.25, -0.2) is 4.79 Å². The quantitative estimate of drug-likeness (QED) is 0.616. The van der Waals surface area contributed by atoms with Crippen LogP contribution in [0.25, 0.3) is 11.5 Å². The maximum absolute atomic E-state index is 12.5. The molecule has 0 radical (unpaired) electrons. The monoisotopic (exact) mass is 442 g/mol. The van der Waals surface area contributed by atoms with Gasteiger partial charge in [0.1, 0.15) is 5.60 Å². The van der Waals surface area contributed by atoms with Crippen molar-refractivity contribution in [2.24, 2.45) is 0 Å². The minimum atomic E-state index is -0.568. The molecule has 8 nitrogen and oxygen atoms in total. The largest absolute Gasteiger partial charge is 0.444 e. The molecule has 1 aliphatic carbocycles. The smallest absolute Gasteiger partial charge is 0.408 e. The highest BCUT2D eigenvalue weighted by Gasteiger charge is 2.34. The number of hydrogen-bond acceptors (Lipinski definition) is 6. The molecule has 0 unspecified atom stereocenters. The Hall–Kier alpha value is -2.90. The van der Waals surface area contributed by atoms with Crippen molar-refractivity contribution < 1.29 is 18.7 Å². The van der Waals surface area contributed by atoms with Crippen LogP contribution in [0.4, 0.5) is 4.79 Å². The lowest BCUT2D eigenvalue weighted by molar-refractivity contribution is -0.121. The number of alkyl carbamates (subject to hydrolysis) is 1. The summed E-state index contributed by atoms with van der Waals surface area (Å²) in [6.45, 7) is 5.91. The zero-order chi connectivity index (χ0) is 23.0. The van der Waals surface area contributed by atoms with Crippen molar-refractivity contribution in [3.05, 3.63) is 36.2 Å². The minimum absolute atomic E-state index is 0.112. The van der Waals surface area contributed by atoms with Gasteiger partial charge in [0, 0.05) is 24.9 Å². The number of hydrogen-bond donors (Lipinski definition) is 2. The number of ether oxygens (including phenoxy) is 1. The van der Waals surface area contributed by atoms with E-state index >= 15 is 0 Å². The number of aryl methyl sites for hydroxylation is 1. The summed E-state index contributed by atoms with van der Waals surface area (Å²) in [5.74, 6) is 0.758. The molecular formula is C24H34N4O4. The lowest BCUT2D eigenvalue weighted by Crippen LogP contribution is -2.56. The average molecular weight is 443 g/mol. The van der Waals surface area contributed by atoms with Crippen LogP contribution in [0, 0.1) is 0 Å². The Labute approximate surface area is 189 Å². The number of rotatable bonds is 7. The summed E-state index contributed by atoms with van der Waals surface area (Å²) in [6, 6.07) is 9.52. The van der Waals surface area contributed by atoms with Gasteiger partial charge in [0.15, 0.2) is 0 Å². The topological polar surface area (TPSA) is 106 Å². The summed E-state index contributed by atoms with van der Waals surface area (Å²) in [7, 11) is 0. The van der Waals surface area contributed by atoms with Gasteiger partial charge in [-0.05, 0) is 45.7 Å². The summed E-state index contributed by atoms with van der Waals surface area (Å²) in [5, 5.41) is 14.2. The normalized spacial score (nSPS) is 16.1. The second kappa shape index (κ2) is 10.6. The van der Waals surface area contributed by atoms with Crippen LogP contribution in [-0.4, -0.2) is 39.9 Å². The zero-order valence-corrected chi connectivity index (χ0v) is 19.3. The fourth-order valence-corrected chi connectivity index (χ4v) is 3.90. The Morgan fingerprint density at radius 1 is 1.06 bits per heavy atom. The molecule has 2 amide bonds. The van der Waals surface area contributed by atoms with Crippen LogP contribution >= 0.6 is 0 Å². The molecule has 8 heteroatoms. The predicted molar refractivity (Wildman–Crippen MR) is 121 cm³/mol. The number of aromatic nitrogens is 2. The summed E-state index contributed by atoms with van der Waals surface area (Å²) in [6.07, 6.45) is 6.07. The van der Waals surface area contributed by atoms with Crippen molar-refractivity contribution in [1.29, 1.82) is 0 Å². The third-order valence-corrected chi connectivity index (χ3v) is 5.50. The Bertz CT molecular complexity index is 881. The second-order valence-electron chi connectivity index (χ2n) is 9.47. The highest BCUT2D eigenvalue weighted by atomic mass is 16.6. The van der Waals surface area contributed by atoms with Crippen LogP contribution in [0.3, 0.4) is 0 Å². The lowest BCUT2D eigenvalue weighted by Gasteiger charge is -2.35. The molecule has 0 bridgehead atoms. The van der Waals surface area contributed by atoms with Crippen molar-refractivity contribution in [2.45, 2.75) is 83.3 Å². The van der Waals surface area contributed by atoms with Crippen LogP contribution in [-0.2, 0) is 16.0 Å². The van der Waals surface area contributed by atoms with Crippen molar-refractivity contribution >= 4 is 12.0 Å². The van der Waals surface area contributed by atoms with E-state index in [4.69, 9.17) is 9.15 Å². The molecule has 2 N–H and O–H groups in total. The Kier molecular flexibility index (Phi) is 7.88. The molecule has 1 fully saturated rings. The highest BCUT2D eigenvalue weighted by Crippen LogP contribution is 2.27. The van der Waals surface area contributed by atoms with Gasteiger partial charge < -0.3 is 19.8 Å². The van der Waals surface area contributed by atoms with E-state index in [1.54, 1.807) is 0 Å². The zero-order valence-electron chi connectivity index (χ0n) is 19.3. The summed E-state index contributed by atoms with van der Waals surface area (Å²) >= 11 is 0. The van der Waals surface area contributed by atoms with Gasteiger partial charge >= 0.3 is 6.09 Å². The van der Waals surface area contributed by atoms with Gasteiger partial charge in [-0.1, -0.05) is 43.9 Å². The molecule has 0 spiro atoms. The highest BCUT2D eigenvalue weighted by molar-refractivity contribution is 5.76. The van der Waals surface area contributed by atoms with Crippen LogP contribution < -0.4 is 10.6 Å². The number of benzene rings is 1. The van der Waals surface area contributed by atoms with Gasteiger partial charge in [-0.2, -0.15) is 0 Å². The third-order valence-electron chi connectivity index (χ3n) is 5.50. The first-order chi connectivity index (χ1) is 15.2. The van der Waals surface area contributed by atoms with E-state index in [9.17, 15) is 9.59 Å². The van der Waals surface area contributed by atoms with Gasteiger partial charge in [-0.15, -0.1) is 10.2 Å². The molecule has 174 valence electrons. The van der Waals surface area contributed by atoms with Gasteiger partial charge in [0.25, 0.3) is 0 Å². The van der Waals surface area contributed by atoms with E-state index < -0.39 is 17.2 Å². The van der Waals surface area contributed by atoms with Gasteiger partial charge in [-0.3, -0.25) is 4.79 Å². The molecule has 1 aromatic heterocycles. The average Bonchev–Trinajstić information content (AvgIpc) is 3.10. The molecule has 1 aliphatic rings. The first kappa shape index (κ1) is 23.8. The molecule has 3 rings (SSSR count). The van der Waals surface area contributed by atoms with Crippen molar-refractivity contribution in [1.82, 2.24) is 20.8 Å². The van der Waals surface area contributed by atoms with Crippen molar-refractivity contribution in [3.63, 3.8) is 0 Å². The standard InChI is InChI=1S/C24H34N4O4/c1-23(2,3)32-22(30)26-24(15-9-4-5-10-16-24)17-25-19(29)13-14-20-27-28-21(31-20)18-11-7-6-8-12-18/h6-8,11-12H,4-5,9-10,13-17H2,1-3H3,(H,25,29)(H,26,30). The summed E-state index contributed by atoms with van der Waals surface area (Å²) in [5.41, 5.74) is -0.208. The Balaban J connectivity index is 1.53. The third kappa shape index (κ3) is 7.35. The van der Waals surface area contributed by atoms with E-state index in [-0.39, 0.29) is 12.3 Å². The number of carbonyl (C=O) groups is 2. The molecule has 0 atom stereocenters. The Morgan fingerprint density at radius 2 is 1.75 bits per heavy atom. The fraction of sp³-hybridized carbons (Fsp3) is 0.583. The molecule has 0 saturated heterocycles. The molecule has 0 aliphatic heterocycles. The second-order valence-corrected chi connectivity index (χ2v) is 9.47.